The highest BCUT2D eigenvalue weighted by Gasteiger charge is 2.10. The Morgan fingerprint density at radius 1 is 1.00 bits per heavy atom. The average Bonchev–Trinajstić information content (AvgIpc) is 3.11. The van der Waals surface area contributed by atoms with Gasteiger partial charge in [-0.25, -0.2) is 4.98 Å². The molecule has 4 rings (SSSR count). The van der Waals surface area contributed by atoms with Crippen LogP contribution in [-0.4, -0.2) is 20.7 Å². The number of hydrogen-bond acceptors (Lipinski definition) is 4. The van der Waals surface area contributed by atoms with Gasteiger partial charge in [-0.15, -0.1) is 0 Å². The van der Waals surface area contributed by atoms with Gasteiger partial charge in [-0.2, -0.15) is 5.10 Å². The number of hydrogen-bond donors (Lipinski definition) is 1. The van der Waals surface area contributed by atoms with Gasteiger partial charge in [0.1, 0.15) is 12.3 Å². The quantitative estimate of drug-likeness (QED) is 0.572. The summed E-state index contributed by atoms with van der Waals surface area (Å²) in [7, 11) is 0. The number of rotatable bonds is 6. The monoisotopic (exact) mass is 358 g/mol. The van der Waals surface area contributed by atoms with Gasteiger partial charge in [0.05, 0.1) is 11.7 Å². The lowest BCUT2D eigenvalue weighted by Crippen LogP contribution is -2.27. The molecule has 2 aromatic heterocycles. The first-order chi connectivity index (χ1) is 13.3. The van der Waals surface area contributed by atoms with Crippen molar-refractivity contribution in [3.63, 3.8) is 0 Å². The summed E-state index contributed by atoms with van der Waals surface area (Å²) in [5, 5.41) is 8.20. The Morgan fingerprint density at radius 2 is 1.81 bits per heavy atom. The van der Waals surface area contributed by atoms with Crippen LogP contribution in [0, 0.1) is 0 Å². The van der Waals surface area contributed by atoms with E-state index in [0.717, 1.165) is 16.5 Å². The Bertz CT molecular complexity index is 1060. The minimum Gasteiger partial charge on any atom is -0.439 e. The molecule has 0 unspecified atom stereocenters. The summed E-state index contributed by atoms with van der Waals surface area (Å²) in [5.74, 6) is 1.05. The Morgan fingerprint density at radius 3 is 2.70 bits per heavy atom. The molecule has 0 atom stereocenters. The number of carbonyl (C=O) groups is 1. The Hall–Kier alpha value is -3.67. The zero-order chi connectivity index (χ0) is 18.5. The summed E-state index contributed by atoms with van der Waals surface area (Å²) in [6.07, 6.45) is 3.43. The van der Waals surface area contributed by atoms with Crippen LogP contribution in [0.4, 0.5) is 0 Å². The number of amides is 1. The second-order valence-electron chi connectivity index (χ2n) is 6.02. The van der Waals surface area contributed by atoms with E-state index in [4.69, 9.17) is 4.74 Å². The summed E-state index contributed by atoms with van der Waals surface area (Å²) in [6.45, 7) is 0.483. The van der Waals surface area contributed by atoms with Crippen LogP contribution in [0.1, 0.15) is 5.56 Å². The van der Waals surface area contributed by atoms with Gasteiger partial charge in [-0.1, -0.05) is 42.5 Å². The molecule has 1 amide bonds. The summed E-state index contributed by atoms with van der Waals surface area (Å²) >= 11 is 0. The first-order valence-electron chi connectivity index (χ1n) is 8.63. The standard InChI is InChI=1S/C21H18N4O2/c26-20(15-25-19-11-5-4-7-16(19)14-24-25)23-13-17-8-6-12-22-21(17)27-18-9-2-1-3-10-18/h1-12,14H,13,15H2,(H,23,26). The molecule has 0 fully saturated rings. The lowest BCUT2D eigenvalue weighted by molar-refractivity contribution is -0.121. The molecule has 0 spiro atoms. The minimum atomic E-state index is -0.127. The van der Waals surface area contributed by atoms with Crippen molar-refractivity contribution in [1.82, 2.24) is 20.1 Å². The van der Waals surface area contributed by atoms with Crippen molar-refractivity contribution in [2.75, 3.05) is 0 Å². The largest absolute Gasteiger partial charge is 0.439 e. The number of aromatic nitrogens is 3. The predicted molar refractivity (Wildman–Crippen MR) is 102 cm³/mol. The molecule has 6 nitrogen and oxygen atoms in total. The normalized spacial score (nSPS) is 10.7. The number of carbonyl (C=O) groups excluding carboxylic acids is 1. The molecule has 0 saturated heterocycles. The van der Waals surface area contributed by atoms with Crippen molar-refractivity contribution in [3.8, 4) is 11.6 Å². The molecule has 27 heavy (non-hydrogen) atoms. The van der Waals surface area contributed by atoms with Crippen LogP contribution in [0.25, 0.3) is 10.9 Å². The minimum absolute atomic E-state index is 0.127. The number of pyridine rings is 1. The fourth-order valence-electron chi connectivity index (χ4n) is 2.79. The molecular formula is C21H18N4O2. The SMILES string of the molecule is O=C(Cn1ncc2ccccc21)NCc1cccnc1Oc1ccccc1. The molecule has 0 saturated carbocycles. The first-order valence-corrected chi connectivity index (χ1v) is 8.63. The zero-order valence-electron chi connectivity index (χ0n) is 14.6. The third-order valence-electron chi connectivity index (χ3n) is 4.13. The zero-order valence-corrected chi connectivity index (χ0v) is 14.6. The topological polar surface area (TPSA) is 69.0 Å². The van der Waals surface area contributed by atoms with Crippen LogP contribution in [0.2, 0.25) is 0 Å². The summed E-state index contributed by atoms with van der Waals surface area (Å²) in [6, 6.07) is 20.9. The van der Waals surface area contributed by atoms with Gasteiger partial charge in [0.2, 0.25) is 11.8 Å². The van der Waals surface area contributed by atoms with Crippen LogP contribution in [-0.2, 0) is 17.9 Å². The second kappa shape index (κ2) is 7.70. The van der Waals surface area contributed by atoms with E-state index in [9.17, 15) is 4.79 Å². The lowest BCUT2D eigenvalue weighted by atomic mass is 10.2. The maximum atomic E-state index is 12.4. The molecule has 0 aliphatic rings. The third kappa shape index (κ3) is 3.95. The lowest BCUT2D eigenvalue weighted by Gasteiger charge is -2.11. The fourth-order valence-corrected chi connectivity index (χ4v) is 2.79. The van der Waals surface area contributed by atoms with Crippen molar-refractivity contribution >= 4 is 16.8 Å². The fraction of sp³-hybridized carbons (Fsp3) is 0.0952. The van der Waals surface area contributed by atoms with E-state index in [0.29, 0.717) is 18.2 Å². The number of benzene rings is 2. The predicted octanol–water partition coefficient (Wildman–Crippen LogP) is 3.54. The van der Waals surface area contributed by atoms with Crippen LogP contribution in [0.15, 0.2) is 79.1 Å². The second-order valence-corrected chi connectivity index (χ2v) is 6.02. The summed E-state index contributed by atoms with van der Waals surface area (Å²) in [4.78, 5) is 16.6. The highest BCUT2D eigenvalue weighted by Crippen LogP contribution is 2.22. The summed E-state index contributed by atoms with van der Waals surface area (Å²) < 4.78 is 7.52. The maximum Gasteiger partial charge on any atom is 0.242 e. The molecule has 4 aromatic rings. The highest BCUT2D eigenvalue weighted by molar-refractivity contribution is 5.81. The van der Waals surface area contributed by atoms with E-state index in [-0.39, 0.29) is 12.5 Å². The van der Waals surface area contributed by atoms with Crippen molar-refractivity contribution in [2.24, 2.45) is 0 Å². The van der Waals surface area contributed by atoms with Crippen LogP contribution in [0.5, 0.6) is 11.6 Å². The summed E-state index contributed by atoms with van der Waals surface area (Å²) in [5.41, 5.74) is 1.74. The molecule has 2 aromatic carbocycles. The number of ether oxygens (including phenoxy) is 1. The van der Waals surface area contributed by atoms with Gasteiger partial charge in [-0.3, -0.25) is 9.48 Å². The molecule has 0 bridgehead atoms. The molecule has 0 aliphatic carbocycles. The van der Waals surface area contributed by atoms with Gasteiger partial charge in [0.25, 0.3) is 0 Å². The Labute approximate surface area is 156 Å². The van der Waals surface area contributed by atoms with Crippen LogP contribution >= 0.6 is 0 Å². The number of nitrogens with one attached hydrogen (secondary N) is 1. The molecule has 2 heterocycles. The highest BCUT2D eigenvalue weighted by atomic mass is 16.5. The van der Waals surface area contributed by atoms with E-state index >= 15 is 0 Å². The molecule has 134 valence electrons. The number of para-hydroxylation sites is 2. The Balaban J connectivity index is 1.42. The van der Waals surface area contributed by atoms with Crippen LogP contribution in [0.3, 0.4) is 0 Å². The van der Waals surface area contributed by atoms with Gasteiger partial charge in [-0.05, 0) is 24.3 Å². The van der Waals surface area contributed by atoms with Gasteiger partial charge < -0.3 is 10.1 Å². The average molecular weight is 358 g/mol. The number of fused-ring (bicyclic) bond motifs is 1. The van der Waals surface area contributed by atoms with Crippen molar-refractivity contribution in [3.05, 3.63) is 84.7 Å². The van der Waals surface area contributed by atoms with Gasteiger partial charge in [0.15, 0.2) is 0 Å². The molecular weight excluding hydrogens is 340 g/mol. The van der Waals surface area contributed by atoms with Crippen LogP contribution < -0.4 is 10.1 Å². The molecule has 0 aliphatic heterocycles. The third-order valence-corrected chi connectivity index (χ3v) is 4.13. The van der Waals surface area contributed by atoms with E-state index in [1.165, 1.54) is 0 Å². The van der Waals surface area contributed by atoms with E-state index in [1.807, 2.05) is 66.7 Å². The Kier molecular flexibility index (Phi) is 4.78. The van der Waals surface area contributed by atoms with Crippen molar-refractivity contribution in [1.29, 1.82) is 0 Å². The molecule has 1 N–H and O–H groups in total. The maximum absolute atomic E-state index is 12.4. The van der Waals surface area contributed by atoms with E-state index in [2.05, 4.69) is 15.4 Å². The van der Waals surface area contributed by atoms with Crippen molar-refractivity contribution in [2.45, 2.75) is 13.1 Å². The molecule has 6 heteroatoms. The van der Waals surface area contributed by atoms with Crippen molar-refractivity contribution < 1.29 is 9.53 Å². The van der Waals surface area contributed by atoms with Gasteiger partial charge in [0, 0.05) is 23.7 Å². The van der Waals surface area contributed by atoms with E-state index < -0.39 is 0 Å². The smallest absolute Gasteiger partial charge is 0.242 e. The van der Waals surface area contributed by atoms with E-state index in [1.54, 1.807) is 17.1 Å². The first kappa shape index (κ1) is 16.8. The van der Waals surface area contributed by atoms with Gasteiger partial charge >= 0.3 is 0 Å². The molecule has 0 radical (unpaired) electrons. The number of nitrogens with zero attached hydrogens (tertiary/aromatic N) is 3.